The molecule has 3 aromatic rings. The first-order valence-electron chi connectivity index (χ1n) is 6.11. The van der Waals surface area contributed by atoms with Crippen molar-refractivity contribution in [2.24, 2.45) is 0 Å². The van der Waals surface area contributed by atoms with Crippen LogP contribution in [0.5, 0.6) is 0 Å². The molecule has 0 radical (unpaired) electrons. The molecule has 0 unspecified atom stereocenters. The van der Waals surface area contributed by atoms with Crippen molar-refractivity contribution >= 4 is 17.0 Å². The van der Waals surface area contributed by atoms with Crippen LogP contribution in [0.4, 0.5) is 0 Å². The highest BCUT2D eigenvalue weighted by Gasteiger charge is 2.09. The number of carboxylic acids is 1. The molecular formula is C13H12N4O3. The second-order valence-electron chi connectivity index (χ2n) is 4.43. The largest absolute Gasteiger partial charge is 0.478 e. The molecule has 20 heavy (non-hydrogen) atoms. The molecular weight excluding hydrogens is 260 g/mol. The predicted molar refractivity (Wildman–Crippen MR) is 69.4 cm³/mol. The van der Waals surface area contributed by atoms with Crippen LogP contribution >= 0.6 is 0 Å². The van der Waals surface area contributed by atoms with Gasteiger partial charge < -0.3 is 14.2 Å². The van der Waals surface area contributed by atoms with E-state index in [1.807, 2.05) is 4.57 Å². The topological polar surface area (TPSA) is 94.0 Å². The van der Waals surface area contributed by atoms with E-state index in [1.54, 1.807) is 31.5 Å². The molecule has 7 nitrogen and oxygen atoms in total. The lowest BCUT2D eigenvalue weighted by Crippen LogP contribution is -2.01. The van der Waals surface area contributed by atoms with Crippen molar-refractivity contribution < 1.29 is 14.4 Å². The second kappa shape index (κ2) is 4.76. The Kier molecular flexibility index (Phi) is 2.94. The Hall–Kier alpha value is -2.70. The van der Waals surface area contributed by atoms with Gasteiger partial charge in [-0.2, -0.15) is 4.98 Å². The van der Waals surface area contributed by atoms with Gasteiger partial charge in [-0.3, -0.25) is 0 Å². The van der Waals surface area contributed by atoms with Crippen molar-refractivity contribution in [1.82, 2.24) is 19.7 Å². The Balaban J connectivity index is 1.87. The number of nitrogens with zero attached hydrogens (tertiary/aromatic N) is 4. The zero-order valence-corrected chi connectivity index (χ0v) is 10.8. The van der Waals surface area contributed by atoms with E-state index in [-0.39, 0.29) is 5.56 Å². The lowest BCUT2D eigenvalue weighted by Gasteiger charge is -2.02. The standard InChI is InChI=1S/C13H12N4O3/c1-8-15-12(20-16-8)4-5-17-7-14-10-3-2-9(13(18)19)6-11(10)17/h2-3,6-7H,4-5H2,1H3,(H,18,19). The summed E-state index contributed by atoms with van der Waals surface area (Å²) in [5, 5.41) is 12.7. The van der Waals surface area contributed by atoms with Crippen LogP contribution in [0.1, 0.15) is 22.1 Å². The number of hydrogen-bond acceptors (Lipinski definition) is 5. The Bertz CT molecular complexity index is 775. The lowest BCUT2D eigenvalue weighted by atomic mass is 10.2. The van der Waals surface area contributed by atoms with Gasteiger partial charge in [0.15, 0.2) is 5.82 Å². The van der Waals surface area contributed by atoms with Gasteiger partial charge >= 0.3 is 5.97 Å². The van der Waals surface area contributed by atoms with Crippen molar-refractivity contribution in [2.75, 3.05) is 0 Å². The average Bonchev–Trinajstić information content (AvgIpc) is 3.02. The van der Waals surface area contributed by atoms with E-state index in [4.69, 9.17) is 9.63 Å². The highest BCUT2D eigenvalue weighted by Crippen LogP contribution is 2.15. The molecule has 1 aromatic carbocycles. The maximum atomic E-state index is 11.0. The van der Waals surface area contributed by atoms with Crippen LogP contribution in [-0.4, -0.2) is 30.8 Å². The number of benzene rings is 1. The number of carbonyl (C=O) groups is 1. The minimum absolute atomic E-state index is 0.243. The van der Waals surface area contributed by atoms with Gasteiger partial charge in [0.2, 0.25) is 5.89 Å². The number of imidazole rings is 1. The van der Waals surface area contributed by atoms with Gasteiger partial charge in [0.25, 0.3) is 0 Å². The van der Waals surface area contributed by atoms with Crippen LogP contribution in [-0.2, 0) is 13.0 Å². The summed E-state index contributed by atoms with van der Waals surface area (Å²) < 4.78 is 6.92. The molecule has 0 aliphatic carbocycles. The third-order valence-electron chi connectivity index (χ3n) is 3.00. The van der Waals surface area contributed by atoms with Crippen LogP contribution in [0, 0.1) is 6.92 Å². The van der Waals surface area contributed by atoms with Gasteiger partial charge in [0, 0.05) is 13.0 Å². The molecule has 0 fully saturated rings. The maximum absolute atomic E-state index is 11.0. The van der Waals surface area contributed by atoms with Crippen molar-refractivity contribution in [3.8, 4) is 0 Å². The molecule has 2 heterocycles. The SMILES string of the molecule is Cc1noc(CCn2cnc3ccc(C(=O)O)cc32)n1. The van der Waals surface area contributed by atoms with Crippen molar-refractivity contribution in [3.05, 3.63) is 41.8 Å². The fourth-order valence-electron chi connectivity index (χ4n) is 2.03. The molecule has 2 aromatic heterocycles. The van der Waals surface area contributed by atoms with E-state index in [0.717, 1.165) is 11.0 Å². The third kappa shape index (κ3) is 2.25. The van der Waals surface area contributed by atoms with Crippen molar-refractivity contribution in [3.63, 3.8) is 0 Å². The highest BCUT2D eigenvalue weighted by molar-refractivity contribution is 5.92. The molecule has 0 aliphatic heterocycles. The zero-order valence-electron chi connectivity index (χ0n) is 10.8. The Morgan fingerprint density at radius 2 is 2.30 bits per heavy atom. The Morgan fingerprint density at radius 3 is 3.00 bits per heavy atom. The number of aromatic carboxylic acids is 1. The van der Waals surface area contributed by atoms with Gasteiger partial charge in [0.1, 0.15) is 0 Å². The minimum Gasteiger partial charge on any atom is -0.478 e. The van der Waals surface area contributed by atoms with E-state index in [1.165, 1.54) is 0 Å². The summed E-state index contributed by atoms with van der Waals surface area (Å²) in [5.74, 6) is 0.203. The fraction of sp³-hybridized carbons (Fsp3) is 0.231. The predicted octanol–water partition coefficient (Wildman–Crippen LogP) is 1.67. The summed E-state index contributed by atoms with van der Waals surface area (Å²) in [6.07, 6.45) is 2.25. The summed E-state index contributed by atoms with van der Waals surface area (Å²) >= 11 is 0. The van der Waals surface area contributed by atoms with Crippen LogP contribution < -0.4 is 0 Å². The number of aryl methyl sites for hydroxylation is 3. The molecule has 0 bridgehead atoms. The smallest absolute Gasteiger partial charge is 0.335 e. The monoisotopic (exact) mass is 272 g/mol. The van der Waals surface area contributed by atoms with Crippen LogP contribution in [0.15, 0.2) is 29.0 Å². The second-order valence-corrected chi connectivity index (χ2v) is 4.43. The molecule has 0 saturated carbocycles. The molecule has 102 valence electrons. The van der Waals surface area contributed by atoms with Gasteiger partial charge in [-0.15, -0.1) is 0 Å². The molecule has 0 aliphatic rings. The molecule has 0 saturated heterocycles. The van der Waals surface area contributed by atoms with E-state index < -0.39 is 5.97 Å². The zero-order chi connectivity index (χ0) is 14.1. The van der Waals surface area contributed by atoms with E-state index in [9.17, 15) is 4.79 Å². The van der Waals surface area contributed by atoms with Crippen LogP contribution in [0.2, 0.25) is 0 Å². The molecule has 1 N–H and O–H groups in total. The van der Waals surface area contributed by atoms with E-state index >= 15 is 0 Å². The van der Waals surface area contributed by atoms with Gasteiger partial charge in [-0.1, -0.05) is 5.16 Å². The highest BCUT2D eigenvalue weighted by atomic mass is 16.5. The van der Waals surface area contributed by atoms with E-state index in [0.29, 0.717) is 24.7 Å². The van der Waals surface area contributed by atoms with Gasteiger partial charge in [-0.05, 0) is 25.1 Å². The van der Waals surface area contributed by atoms with Crippen molar-refractivity contribution in [2.45, 2.75) is 19.9 Å². The summed E-state index contributed by atoms with van der Waals surface area (Å²) in [7, 11) is 0. The number of carboxylic acid groups (broad SMARTS) is 1. The number of hydrogen-bond donors (Lipinski definition) is 1. The van der Waals surface area contributed by atoms with Crippen molar-refractivity contribution in [1.29, 1.82) is 0 Å². The summed E-state index contributed by atoms with van der Waals surface area (Å²) in [5.41, 5.74) is 1.78. The number of fused-ring (bicyclic) bond motifs is 1. The Morgan fingerprint density at radius 1 is 1.45 bits per heavy atom. The maximum Gasteiger partial charge on any atom is 0.335 e. The summed E-state index contributed by atoms with van der Waals surface area (Å²) in [6, 6.07) is 4.86. The molecule has 3 rings (SSSR count). The normalized spacial score (nSPS) is 11.1. The first-order valence-corrected chi connectivity index (χ1v) is 6.11. The van der Waals surface area contributed by atoms with Gasteiger partial charge in [0.05, 0.1) is 22.9 Å². The summed E-state index contributed by atoms with van der Waals surface area (Å²) in [6.45, 7) is 2.36. The quantitative estimate of drug-likeness (QED) is 0.776. The average molecular weight is 272 g/mol. The molecule has 0 amide bonds. The first-order chi connectivity index (χ1) is 9.63. The molecule has 0 atom stereocenters. The Labute approximate surface area is 113 Å². The minimum atomic E-state index is -0.952. The first kappa shape index (κ1) is 12.3. The fourth-order valence-corrected chi connectivity index (χ4v) is 2.03. The van der Waals surface area contributed by atoms with Crippen LogP contribution in [0.25, 0.3) is 11.0 Å². The van der Waals surface area contributed by atoms with Crippen LogP contribution in [0.3, 0.4) is 0 Å². The number of aromatic nitrogens is 4. The third-order valence-corrected chi connectivity index (χ3v) is 3.00. The molecule has 0 spiro atoms. The van der Waals surface area contributed by atoms with E-state index in [2.05, 4.69) is 15.1 Å². The number of rotatable bonds is 4. The lowest BCUT2D eigenvalue weighted by molar-refractivity contribution is 0.0697. The summed E-state index contributed by atoms with van der Waals surface area (Å²) in [4.78, 5) is 19.4. The molecule has 7 heteroatoms. The van der Waals surface area contributed by atoms with Gasteiger partial charge in [-0.25, -0.2) is 9.78 Å².